The van der Waals surface area contributed by atoms with Crippen molar-refractivity contribution in [2.75, 3.05) is 0 Å². The van der Waals surface area contributed by atoms with Crippen LogP contribution in [0.15, 0.2) is 0 Å². The molecular weight excluding hydrogens is 193 g/mol. The van der Waals surface area contributed by atoms with Crippen molar-refractivity contribution in [2.24, 2.45) is 0 Å². The first-order valence-corrected chi connectivity index (χ1v) is 2.61. The Morgan fingerprint density at radius 1 is 1.14 bits per heavy atom. The summed E-state index contributed by atoms with van der Waals surface area (Å²) in [7, 11) is 0. The van der Waals surface area contributed by atoms with Gasteiger partial charge in [0.05, 0.1) is 0 Å². The third kappa shape index (κ3) is 80.7. The van der Waals surface area contributed by atoms with E-state index in [2.05, 4.69) is 0 Å². The Balaban J connectivity index is -0.0000000800. The molecule has 0 fully saturated rings. The summed E-state index contributed by atoms with van der Waals surface area (Å²) >= 11 is -5.38. The predicted octanol–water partition coefficient (Wildman–Crippen LogP) is -1.14. The fourth-order valence-electron chi connectivity index (χ4n) is 0. The van der Waals surface area contributed by atoms with Gasteiger partial charge in [-0.05, 0) is 0 Å². The molecule has 7 heteroatoms. The van der Waals surface area contributed by atoms with Crippen molar-refractivity contribution in [1.82, 2.24) is 0 Å². The van der Waals surface area contributed by atoms with Gasteiger partial charge in [0.25, 0.3) is 0 Å². The summed E-state index contributed by atoms with van der Waals surface area (Å²) in [5, 5.41) is 0. The Morgan fingerprint density at radius 2 is 1.14 bits per heavy atom. The third-order valence-electron chi connectivity index (χ3n) is 0. The van der Waals surface area contributed by atoms with Gasteiger partial charge in [-0.3, -0.25) is 0 Å². The van der Waals surface area contributed by atoms with Gasteiger partial charge in [-0.2, -0.15) is 0 Å². The summed E-state index contributed by atoms with van der Waals surface area (Å²) < 4.78 is 33.1. The second-order valence-electron chi connectivity index (χ2n) is 0.396. The van der Waals surface area contributed by atoms with Crippen molar-refractivity contribution in [3.8, 4) is 0 Å². The summed E-state index contributed by atoms with van der Waals surface area (Å²) in [6.45, 7) is 0. The van der Waals surface area contributed by atoms with E-state index in [4.69, 9.17) is 15.7 Å². The molecule has 0 unspecified atom stereocenters. The Kier molecular flexibility index (Phi) is 13.5. The van der Waals surface area contributed by atoms with Crippen LogP contribution in [0.4, 0.5) is 0 Å². The molecule has 1 N–H and O–H groups in total. The zero-order valence-electron chi connectivity index (χ0n) is 2.46. The molecular formula is H3ClKMnO4. The number of rotatable bonds is 0. The van der Waals surface area contributed by atoms with E-state index >= 15 is 0 Å². The minimum atomic E-state index is -5.38. The van der Waals surface area contributed by atoms with E-state index in [9.17, 15) is 0 Å². The van der Waals surface area contributed by atoms with Gasteiger partial charge in [0, 0.05) is 0 Å². The second kappa shape index (κ2) is 5.93. The Bertz CT molecular complexity index is 133. The molecule has 0 bridgehead atoms. The van der Waals surface area contributed by atoms with Crippen molar-refractivity contribution < 1.29 is 28.7 Å². The first-order valence-electron chi connectivity index (χ1n) is 0.632. The number of hydrogen-bond donors (Lipinski definition) is 1. The maximum absolute atomic E-state index is 8.69. The fourth-order valence-corrected chi connectivity index (χ4v) is 0. The molecule has 0 spiro atoms. The zero-order chi connectivity index (χ0) is 4.50. The van der Waals surface area contributed by atoms with Crippen molar-refractivity contribution >= 4 is 63.8 Å². The van der Waals surface area contributed by atoms with Gasteiger partial charge < -0.3 is 0 Å². The van der Waals surface area contributed by atoms with E-state index in [1.54, 1.807) is 0 Å². The number of hydrogen-bond acceptors (Lipinski definition) is 3. The van der Waals surface area contributed by atoms with Gasteiger partial charge in [0.1, 0.15) is 0 Å². The van der Waals surface area contributed by atoms with E-state index in [1.165, 1.54) is 0 Å². The topological polar surface area (TPSA) is 71.4 Å². The zero-order valence-corrected chi connectivity index (χ0v) is 4.46. The van der Waals surface area contributed by atoms with Crippen LogP contribution in [0.1, 0.15) is 0 Å². The molecule has 0 amide bonds. The summed E-state index contributed by atoms with van der Waals surface area (Å²) in [5.74, 6) is 0. The second-order valence-corrected chi connectivity index (χ2v) is 1.63. The molecule has 42 valence electrons. The summed E-state index contributed by atoms with van der Waals surface area (Å²) in [6, 6.07) is 0. The van der Waals surface area contributed by atoms with Gasteiger partial charge in [-0.15, -0.1) is 12.4 Å². The molecule has 0 rings (SSSR count). The molecule has 4 nitrogen and oxygen atoms in total. The average Bonchev–Trinajstić information content (AvgIpc) is 0.722. The molecule has 0 heterocycles. The van der Waals surface area contributed by atoms with Crippen LogP contribution in [-0.2, 0) is 24.5 Å². The van der Waals surface area contributed by atoms with Crippen LogP contribution < -0.4 is 0 Å². The van der Waals surface area contributed by atoms with Crippen molar-refractivity contribution in [3.05, 3.63) is 0 Å². The van der Waals surface area contributed by atoms with E-state index in [1.807, 2.05) is 0 Å². The molecule has 0 atom stereocenters. The SMILES string of the molecule is Cl.[KH].[O]=[Mn](=[O])(=[O])[OH]. The minimum absolute atomic E-state index is 0. The van der Waals surface area contributed by atoms with E-state index in [0.29, 0.717) is 0 Å². The average molecular weight is 197 g/mol. The van der Waals surface area contributed by atoms with Gasteiger partial charge in [-0.1, -0.05) is 0 Å². The van der Waals surface area contributed by atoms with Crippen LogP contribution in [-0.4, -0.2) is 55.6 Å². The van der Waals surface area contributed by atoms with Gasteiger partial charge in [0.15, 0.2) is 0 Å². The standard InChI is InChI=1S/ClH.K.Mn.H2O.3O.H/h1H;;;1H2;;;;/q;;+1;;;;;/p-1. The molecule has 0 aliphatic carbocycles. The maximum atomic E-state index is 8.69. The van der Waals surface area contributed by atoms with Crippen molar-refractivity contribution in [1.29, 1.82) is 0 Å². The summed E-state index contributed by atoms with van der Waals surface area (Å²) in [5.41, 5.74) is 0. The molecule has 0 aromatic carbocycles. The summed E-state index contributed by atoms with van der Waals surface area (Å²) in [6.07, 6.45) is 0. The molecule has 0 saturated heterocycles. The van der Waals surface area contributed by atoms with E-state index in [-0.39, 0.29) is 63.8 Å². The Morgan fingerprint density at radius 3 is 1.14 bits per heavy atom. The van der Waals surface area contributed by atoms with E-state index < -0.39 is 13.0 Å². The molecule has 0 aliphatic rings. The van der Waals surface area contributed by atoms with Crippen LogP contribution in [0.2, 0.25) is 0 Å². The van der Waals surface area contributed by atoms with Crippen LogP contribution in [0.5, 0.6) is 0 Å². The summed E-state index contributed by atoms with van der Waals surface area (Å²) in [4.78, 5) is 0. The third-order valence-corrected chi connectivity index (χ3v) is 0. The molecule has 0 aromatic rings. The van der Waals surface area contributed by atoms with Crippen molar-refractivity contribution in [3.63, 3.8) is 0 Å². The van der Waals surface area contributed by atoms with E-state index in [0.717, 1.165) is 0 Å². The quantitative estimate of drug-likeness (QED) is 0.497. The molecule has 0 saturated carbocycles. The van der Waals surface area contributed by atoms with Gasteiger partial charge >= 0.3 is 80.0 Å². The number of halogens is 1. The Labute approximate surface area is 90.7 Å². The molecule has 0 aliphatic heterocycles. The van der Waals surface area contributed by atoms with Crippen molar-refractivity contribution in [2.45, 2.75) is 0 Å². The van der Waals surface area contributed by atoms with Gasteiger partial charge in [-0.25, -0.2) is 0 Å². The molecule has 0 radical (unpaired) electrons. The van der Waals surface area contributed by atoms with Crippen LogP contribution in [0.3, 0.4) is 0 Å². The Hall–Kier alpha value is 1.81. The fraction of sp³-hybridized carbons (Fsp3) is 0. The normalized spacial score (nSPS) is 8.14. The first-order chi connectivity index (χ1) is 2.00. The predicted molar refractivity (Wildman–Crippen MR) is 18.7 cm³/mol. The van der Waals surface area contributed by atoms with Crippen LogP contribution in [0, 0.1) is 0 Å². The first kappa shape index (κ1) is 15.9. The molecule has 0 aromatic heterocycles. The van der Waals surface area contributed by atoms with Crippen LogP contribution in [0.25, 0.3) is 0 Å². The molecule has 7 heavy (non-hydrogen) atoms. The monoisotopic (exact) mass is 196 g/mol. The van der Waals surface area contributed by atoms with Crippen LogP contribution >= 0.6 is 12.4 Å². The van der Waals surface area contributed by atoms with Gasteiger partial charge in [0.2, 0.25) is 0 Å².